The number of ether oxygens (including phenoxy) is 1. The first-order chi connectivity index (χ1) is 11.8. The van der Waals surface area contributed by atoms with Crippen molar-refractivity contribution < 1.29 is 4.74 Å². The third-order valence-corrected chi connectivity index (χ3v) is 5.17. The fourth-order valence-corrected chi connectivity index (χ4v) is 3.96. The summed E-state index contributed by atoms with van der Waals surface area (Å²) in [4.78, 5) is 8.87. The molecule has 0 N–H and O–H groups in total. The highest BCUT2D eigenvalue weighted by Gasteiger charge is 2.21. The Hall–Kier alpha value is -2.17. The summed E-state index contributed by atoms with van der Waals surface area (Å²) >= 11 is 7.57. The fraction of sp³-hybridized carbons (Fsp3) is 0.158. The third kappa shape index (κ3) is 3.21. The normalized spacial score (nSPS) is 16.5. The molecule has 0 saturated heterocycles. The van der Waals surface area contributed by atoms with Crippen LogP contribution in [0.4, 0.5) is 0 Å². The van der Waals surface area contributed by atoms with E-state index in [2.05, 4.69) is 29.3 Å². The minimum Gasteiger partial charge on any atom is -0.444 e. The topological polar surface area (TPSA) is 35.0 Å². The van der Waals surface area contributed by atoms with Crippen LogP contribution in [0.25, 0.3) is 11.3 Å². The zero-order valence-electron chi connectivity index (χ0n) is 12.9. The highest BCUT2D eigenvalue weighted by atomic mass is 35.5. The standard InChI is InChI=1S/C19H15ClN2OS/c20-16-12-15(10-11-21-16)23-19-17(13-6-2-1-3-7-13)22-18(24-19)14-8-4-5-9-14/h1-4,6-8,10-12,14H,5,9H2. The molecular weight excluding hydrogens is 340 g/mol. The van der Waals surface area contributed by atoms with E-state index >= 15 is 0 Å². The molecule has 24 heavy (non-hydrogen) atoms. The molecule has 120 valence electrons. The van der Waals surface area contributed by atoms with Crippen LogP contribution in [0.2, 0.25) is 5.15 Å². The molecule has 0 spiro atoms. The van der Waals surface area contributed by atoms with E-state index in [4.69, 9.17) is 21.3 Å². The van der Waals surface area contributed by atoms with Crippen molar-refractivity contribution in [3.8, 4) is 22.1 Å². The van der Waals surface area contributed by atoms with Crippen LogP contribution in [0, 0.1) is 0 Å². The van der Waals surface area contributed by atoms with Gasteiger partial charge in [-0.05, 0) is 18.9 Å². The number of halogens is 1. The van der Waals surface area contributed by atoms with Crippen LogP contribution in [0.15, 0.2) is 60.8 Å². The summed E-state index contributed by atoms with van der Waals surface area (Å²) in [6, 6.07) is 13.6. The fourth-order valence-electron chi connectivity index (χ4n) is 2.72. The van der Waals surface area contributed by atoms with Crippen LogP contribution >= 0.6 is 22.9 Å². The number of benzene rings is 1. The number of allylic oxidation sites excluding steroid dienone is 2. The lowest BCUT2D eigenvalue weighted by molar-refractivity contribution is 0.496. The summed E-state index contributed by atoms with van der Waals surface area (Å²) in [6.07, 6.45) is 8.32. The van der Waals surface area contributed by atoms with E-state index < -0.39 is 0 Å². The largest absolute Gasteiger partial charge is 0.444 e. The number of hydrogen-bond donors (Lipinski definition) is 0. The zero-order valence-corrected chi connectivity index (χ0v) is 14.4. The summed E-state index contributed by atoms with van der Waals surface area (Å²) < 4.78 is 6.09. The van der Waals surface area contributed by atoms with Crippen molar-refractivity contribution in [2.75, 3.05) is 0 Å². The average molecular weight is 355 g/mol. The number of hydrogen-bond acceptors (Lipinski definition) is 4. The Bertz CT molecular complexity index is 876. The predicted octanol–water partition coefficient (Wildman–Crippen LogP) is 6.08. The van der Waals surface area contributed by atoms with Gasteiger partial charge < -0.3 is 4.74 Å². The summed E-state index contributed by atoms with van der Waals surface area (Å²) in [7, 11) is 0. The maximum absolute atomic E-state index is 6.09. The van der Waals surface area contributed by atoms with Crippen LogP contribution in [-0.4, -0.2) is 9.97 Å². The minimum absolute atomic E-state index is 0.385. The van der Waals surface area contributed by atoms with E-state index in [1.165, 1.54) is 0 Å². The van der Waals surface area contributed by atoms with Gasteiger partial charge in [0.05, 0.1) is 0 Å². The lowest BCUT2D eigenvalue weighted by Crippen LogP contribution is -1.89. The molecule has 0 bridgehead atoms. The van der Waals surface area contributed by atoms with Gasteiger partial charge in [-0.1, -0.05) is 65.4 Å². The molecule has 0 amide bonds. The first kappa shape index (κ1) is 15.4. The highest BCUT2D eigenvalue weighted by molar-refractivity contribution is 7.14. The number of rotatable bonds is 4. The van der Waals surface area contributed by atoms with Crippen LogP contribution in [0.3, 0.4) is 0 Å². The second kappa shape index (κ2) is 6.75. The molecule has 0 aliphatic heterocycles. The molecule has 3 aromatic rings. The molecule has 2 aromatic heterocycles. The van der Waals surface area contributed by atoms with Crippen molar-refractivity contribution in [2.45, 2.75) is 18.8 Å². The number of pyridine rings is 1. The van der Waals surface area contributed by atoms with Crippen molar-refractivity contribution in [3.05, 3.63) is 71.0 Å². The van der Waals surface area contributed by atoms with Gasteiger partial charge in [0.1, 0.15) is 21.6 Å². The van der Waals surface area contributed by atoms with E-state index in [1.807, 2.05) is 18.2 Å². The monoisotopic (exact) mass is 354 g/mol. The van der Waals surface area contributed by atoms with Crippen LogP contribution in [0.5, 0.6) is 10.8 Å². The molecule has 5 heteroatoms. The Kier molecular flexibility index (Phi) is 4.32. The Morgan fingerprint density at radius 3 is 2.79 bits per heavy atom. The maximum atomic E-state index is 6.09. The van der Waals surface area contributed by atoms with Gasteiger partial charge in [0.2, 0.25) is 5.06 Å². The lowest BCUT2D eigenvalue weighted by Gasteiger charge is -2.05. The predicted molar refractivity (Wildman–Crippen MR) is 98.0 cm³/mol. The molecule has 0 radical (unpaired) electrons. The van der Waals surface area contributed by atoms with E-state index in [-0.39, 0.29) is 0 Å². The van der Waals surface area contributed by atoms with Crippen molar-refractivity contribution in [2.24, 2.45) is 0 Å². The van der Waals surface area contributed by atoms with Gasteiger partial charge in [0, 0.05) is 23.7 Å². The Balaban J connectivity index is 1.74. The first-order valence-electron chi connectivity index (χ1n) is 7.82. The Morgan fingerprint density at radius 1 is 1.17 bits per heavy atom. The second-order valence-electron chi connectivity index (χ2n) is 5.58. The first-order valence-corrected chi connectivity index (χ1v) is 9.01. The summed E-state index contributed by atoms with van der Waals surface area (Å²) in [6.45, 7) is 0. The lowest BCUT2D eigenvalue weighted by atomic mass is 10.1. The molecule has 0 saturated carbocycles. The van der Waals surface area contributed by atoms with Crippen molar-refractivity contribution in [1.29, 1.82) is 0 Å². The number of thiazole rings is 1. The summed E-state index contributed by atoms with van der Waals surface area (Å²) in [5, 5.41) is 2.30. The molecule has 1 atom stereocenters. The van der Waals surface area contributed by atoms with Gasteiger partial charge in [-0.3, -0.25) is 0 Å². The molecule has 1 aromatic carbocycles. The minimum atomic E-state index is 0.385. The average Bonchev–Trinajstić information content (AvgIpc) is 3.25. The zero-order chi connectivity index (χ0) is 16.4. The molecule has 3 nitrogen and oxygen atoms in total. The molecule has 0 fully saturated rings. The quantitative estimate of drug-likeness (QED) is 0.420. The molecular formula is C19H15ClN2OS. The second-order valence-corrected chi connectivity index (χ2v) is 6.96. The number of aromatic nitrogens is 2. The van der Waals surface area contributed by atoms with Gasteiger partial charge in [0.25, 0.3) is 0 Å². The Labute approximate surface area is 149 Å². The van der Waals surface area contributed by atoms with Gasteiger partial charge in [-0.2, -0.15) is 0 Å². The van der Waals surface area contributed by atoms with Crippen LogP contribution < -0.4 is 4.74 Å². The molecule has 1 aliphatic carbocycles. The van der Waals surface area contributed by atoms with E-state index in [9.17, 15) is 0 Å². The summed E-state index contributed by atoms with van der Waals surface area (Å²) in [5.74, 6) is 1.06. The molecule has 2 heterocycles. The van der Waals surface area contributed by atoms with Crippen molar-refractivity contribution in [1.82, 2.24) is 9.97 Å². The Morgan fingerprint density at radius 2 is 2.04 bits per heavy atom. The maximum Gasteiger partial charge on any atom is 0.208 e. The molecule has 1 unspecified atom stereocenters. The van der Waals surface area contributed by atoms with Crippen LogP contribution in [0.1, 0.15) is 23.8 Å². The highest BCUT2D eigenvalue weighted by Crippen LogP contribution is 2.42. The SMILES string of the molecule is Clc1cc(Oc2sc(C3C=CCC3)nc2-c2ccccc2)ccn1. The van der Waals surface area contributed by atoms with E-state index in [0.717, 1.165) is 34.2 Å². The van der Waals surface area contributed by atoms with Gasteiger partial charge >= 0.3 is 0 Å². The number of nitrogens with zero attached hydrogens (tertiary/aromatic N) is 2. The molecule has 4 rings (SSSR count). The van der Waals surface area contributed by atoms with E-state index in [1.54, 1.807) is 29.7 Å². The van der Waals surface area contributed by atoms with Crippen molar-refractivity contribution >= 4 is 22.9 Å². The van der Waals surface area contributed by atoms with E-state index in [0.29, 0.717) is 16.8 Å². The summed E-state index contributed by atoms with van der Waals surface area (Å²) in [5.41, 5.74) is 1.93. The smallest absolute Gasteiger partial charge is 0.208 e. The van der Waals surface area contributed by atoms with Gasteiger partial charge in [-0.25, -0.2) is 9.97 Å². The molecule has 1 aliphatic rings. The van der Waals surface area contributed by atoms with Gasteiger partial charge in [0.15, 0.2) is 0 Å². The van der Waals surface area contributed by atoms with Crippen molar-refractivity contribution in [3.63, 3.8) is 0 Å². The third-order valence-electron chi connectivity index (χ3n) is 3.90. The van der Waals surface area contributed by atoms with Gasteiger partial charge in [-0.15, -0.1) is 0 Å². The van der Waals surface area contributed by atoms with Crippen LogP contribution in [-0.2, 0) is 0 Å².